The van der Waals surface area contributed by atoms with Gasteiger partial charge in [-0.3, -0.25) is 9.69 Å². The number of rotatable bonds is 11. The lowest BCUT2D eigenvalue weighted by molar-refractivity contribution is -0.134. The van der Waals surface area contributed by atoms with E-state index in [0.29, 0.717) is 37.5 Å². The van der Waals surface area contributed by atoms with Gasteiger partial charge in [-0.1, -0.05) is 68.4 Å². The van der Waals surface area contributed by atoms with Crippen molar-refractivity contribution >= 4 is 50.9 Å². The maximum Gasteiger partial charge on any atom is 0.407 e. The van der Waals surface area contributed by atoms with E-state index in [4.69, 9.17) is 19.4 Å². The molecule has 10 rings (SSSR count). The summed E-state index contributed by atoms with van der Waals surface area (Å²) >= 11 is 0. The third-order valence-corrected chi connectivity index (χ3v) is 13.5. The molecule has 5 aromatic carbocycles. The molecule has 2 aromatic heterocycles. The van der Waals surface area contributed by atoms with E-state index in [2.05, 4.69) is 63.1 Å². The number of aromatic amines is 2. The van der Waals surface area contributed by atoms with E-state index < -0.39 is 36.5 Å². The van der Waals surface area contributed by atoms with E-state index in [0.717, 1.165) is 85.1 Å². The van der Waals surface area contributed by atoms with Crippen molar-refractivity contribution in [2.24, 2.45) is 11.8 Å². The average molecular weight is 893 g/mol. The number of carbonyl (C=O) groups excluding carboxylic acids is 2. The van der Waals surface area contributed by atoms with Crippen LogP contribution in [0, 0.1) is 11.8 Å². The highest BCUT2D eigenvalue weighted by atomic mass is 16.5. The number of hydrogen-bond acceptors (Lipinski definition) is 10. The second-order valence-corrected chi connectivity index (χ2v) is 18.0. The largest absolute Gasteiger partial charge is 0.488 e. The van der Waals surface area contributed by atoms with Crippen LogP contribution in [0.1, 0.15) is 74.0 Å². The van der Waals surface area contributed by atoms with Crippen LogP contribution in [-0.4, -0.2) is 102 Å². The van der Waals surface area contributed by atoms with Crippen LogP contribution in [0.4, 0.5) is 9.59 Å². The molecule has 3 aliphatic rings. The van der Waals surface area contributed by atoms with Crippen LogP contribution in [-0.2, 0) is 16.1 Å². The highest BCUT2D eigenvalue weighted by Gasteiger charge is 2.42. The molecule has 2 saturated heterocycles. The number of amides is 3. The first-order valence-electron chi connectivity index (χ1n) is 22.4. The number of carbonyl (C=O) groups is 3. The van der Waals surface area contributed by atoms with Gasteiger partial charge in [-0.25, -0.2) is 19.6 Å². The van der Waals surface area contributed by atoms with Gasteiger partial charge in [0, 0.05) is 36.6 Å². The normalized spacial score (nSPS) is 19.7. The second-order valence-electron chi connectivity index (χ2n) is 18.0. The smallest absolute Gasteiger partial charge is 0.407 e. The molecule has 0 bridgehead atoms. The number of carboxylic acid groups (broad SMARTS) is 1. The Morgan fingerprint density at radius 2 is 1.67 bits per heavy atom. The Balaban J connectivity index is 0.913. The zero-order valence-electron chi connectivity index (χ0n) is 36.8. The molecule has 0 radical (unpaired) electrons. The van der Waals surface area contributed by atoms with Gasteiger partial charge in [0.25, 0.3) is 5.91 Å². The summed E-state index contributed by atoms with van der Waals surface area (Å²) < 4.78 is 11.3. The number of hydrogen-bond donors (Lipinski definition) is 7. The maximum absolute atomic E-state index is 14.3. The molecule has 2 fully saturated rings. The molecule has 3 amide bonds. The predicted molar refractivity (Wildman–Crippen MR) is 247 cm³/mol. The molecule has 16 nitrogen and oxygen atoms in total. The average Bonchev–Trinajstić information content (AvgIpc) is 4.16. The summed E-state index contributed by atoms with van der Waals surface area (Å²) in [6, 6.07) is 27.5. The molecule has 3 aliphatic heterocycles. The van der Waals surface area contributed by atoms with Crippen molar-refractivity contribution in [1.82, 2.24) is 40.4 Å². The summed E-state index contributed by atoms with van der Waals surface area (Å²) in [5.41, 5.74) is 9.00. The predicted octanol–water partition coefficient (Wildman–Crippen LogP) is 7.55. The van der Waals surface area contributed by atoms with Crippen LogP contribution in [0.5, 0.6) is 5.75 Å². The molecular weight excluding hydrogens is 841 g/mol. The number of ether oxygens (including phenoxy) is 2. The maximum atomic E-state index is 14.3. The minimum Gasteiger partial charge on any atom is -0.488 e. The fourth-order valence-corrected chi connectivity index (χ4v) is 10.2. The van der Waals surface area contributed by atoms with Gasteiger partial charge in [0.2, 0.25) is 0 Å². The van der Waals surface area contributed by atoms with E-state index in [-0.39, 0.29) is 30.4 Å². The summed E-state index contributed by atoms with van der Waals surface area (Å²) in [5, 5.41) is 38.1. The molecule has 66 heavy (non-hydrogen) atoms. The Hall–Kier alpha value is -7.01. The summed E-state index contributed by atoms with van der Waals surface area (Å²) in [7, 11) is 1.26. The van der Waals surface area contributed by atoms with Crippen molar-refractivity contribution in [3.63, 3.8) is 0 Å². The Kier molecular flexibility index (Phi) is 11.3. The van der Waals surface area contributed by atoms with E-state index in [1.165, 1.54) is 7.11 Å². The molecule has 340 valence electrons. The number of aliphatic hydroxyl groups excluding tert-OH is 2. The molecule has 0 spiro atoms. The number of likely N-dealkylation sites (tertiary alicyclic amines) is 2. The molecule has 5 heterocycles. The van der Waals surface area contributed by atoms with Gasteiger partial charge in [-0.2, -0.15) is 0 Å². The first kappa shape index (κ1) is 42.9. The van der Waals surface area contributed by atoms with Gasteiger partial charge in [0.1, 0.15) is 36.3 Å². The van der Waals surface area contributed by atoms with Crippen LogP contribution in [0.2, 0.25) is 0 Å². The highest BCUT2D eigenvalue weighted by Crippen LogP contribution is 2.44. The molecule has 6 atom stereocenters. The molecule has 0 saturated carbocycles. The fourth-order valence-electron chi connectivity index (χ4n) is 10.2. The SMILES string of the molecule is COC(=O)N[C@@H](C(=O)N1C[C@@H](CO)C[C@H]1c1nc2c(ccc3cc4c(cc32)OCc2cc(-c3ccc5nc([C@@H]6CCCN6C(O)[C@@H](NC(=O)O)C(C)C)[nH]c5c3)ccc2-4)[nH]1)c1ccccc1. The van der Waals surface area contributed by atoms with Crippen molar-refractivity contribution in [2.45, 2.75) is 70.1 Å². The van der Waals surface area contributed by atoms with Crippen molar-refractivity contribution in [3.8, 4) is 28.0 Å². The number of methoxy groups -OCH3 is 1. The number of aliphatic hydroxyl groups is 2. The van der Waals surface area contributed by atoms with Crippen LogP contribution >= 0.6 is 0 Å². The number of aromatic nitrogens is 4. The number of alkyl carbamates (subject to hydrolysis) is 1. The van der Waals surface area contributed by atoms with Crippen LogP contribution in [0.25, 0.3) is 55.1 Å². The third kappa shape index (κ3) is 7.84. The van der Waals surface area contributed by atoms with E-state index in [1.807, 2.05) is 55.1 Å². The summed E-state index contributed by atoms with van der Waals surface area (Å²) in [6.07, 6.45) is -0.737. The van der Waals surface area contributed by atoms with Gasteiger partial charge in [0.05, 0.1) is 47.3 Å². The molecule has 0 aliphatic carbocycles. The van der Waals surface area contributed by atoms with E-state index >= 15 is 0 Å². The van der Waals surface area contributed by atoms with Crippen LogP contribution in [0.3, 0.4) is 0 Å². The number of nitrogens with one attached hydrogen (secondary N) is 4. The molecule has 7 N–H and O–H groups in total. The topological polar surface area (TPSA) is 218 Å². The highest BCUT2D eigenvalue weighted by molar-refractivity contribution is 6.07. The molecule has 1 unspecified atom stereocenters. The van der Waals surface area contributed by atoms with Crippen molar-refractivity contribution in [3.05, 3.63) is 114 Å². The summed E-state index contributed by atoms with van der Waals surface area (Å²) in [6.45, 7) is 4.99. The minimum atomic E-state index is -1.16. The van der Waals surface area contributed by atoms with Gasteiger partial charge >= 0.3 is 12.2 Å². The molecule has 7 aromatic rings. The lowest BCUT2D eigenvalue weighted by Gasteiger charge is -2.35. The lowest BCUT2D eigenvalue weighted by Crippen LogP contribution is -2.53. The van der Waals surface area contributed by atoms with Gasteiger partial charge in [-0.05, 0) is 94.8 Å². The Bertz CT molecular complexity index is 2990. The van der Waals surface area contributed by atoms with E-state index in [9.17, 15) is 29.7 Å². The molecular formula is C50H52N8O8. The first-order chi connectivity index (χ1) is 32.0. The van der Waals surface area contributed by atoms with Crippen molar-refractivity contribution in [1.29, 1.82) is 0 Å². The van der Waals surface area contributed by atoms with E-state index in [1.54, 1.807) is 17.0 Å². The Labute approximate surface area is 380 Å². The van der Waals surface area contributed by atoms with Crippen LogP contribution in [0.15, 0.2) is 91.0 Å². The Morgan fingerprint density at radius 3 is 2.44 bits per heavy atom. The first-order valence-corrected chi connectivity index (χ1v) is 22.4. The van der Waals surface area contributed by atoms with Crippen molar-refractivity contribution in [2.75, 3.05) is 26.8 Å². The monoisotopic (exact) mass is 892 g/mol. The van der Waals surface area contributed by atoms with Crippen molar-refractivity contribution < 1.29 is 39.2 Å². The van der Waals surface area contributed by atoms with Gasteiger partial charge in [0.15, 0.2) is 0 Å². The minimum absolute atomic E-state index is 0.0974. The zero-order chi connectivity index (χ0) is 45.8. The zero-order valence-corrected chi connectivity index (χ0v) is 36.8. The summed E-state index contributed by atoms with van der Waals surface area (Å²) in [4.78, 5) is 58.9. The summed E-state index contributed by atoms with van der Waals surface area (Å²) in [5.74, 6) is 1.48. The number of fused-ring (bicyclic) bond motifs is 7. The standard InChI is InChI=1S/C50H52N8O8/c1-26(2)42(55-49(62)63)47(60)57-17-7-10-39(57)45-51-36-15-12-30(21-38(36)53-45)29-11-14-33-32(19-29)25-66-41-22-34-31(20-35(33)41)13-16-37-44(34)54-46(52-37)40-18-27(24-59)23-58(40)48(61)43(56-50(64)65-3)28-8-5-4-6-9-28/h4-6,8-9,11-16,19-22,26-27,39-40,42-43,47,55,59-60H,7,10,17-18,23-25H2,1-3H3,(H,51,53)(H,52,54)(H,56,64)(H,62,63)/t27-,39-,40-,42-,43+,47?/m0/s1. The van der Waals surface area contributed by atoms with Crippen LogP contribution < -0.4 is 15.4 Å². The lowest BCUT2D eigenvalue weighted by atomic mass is 9.91. The van der Waals surface area contributed by atoms with Gasteiger partial charge in [-0.15, -0.1) is 0 Å². The quantitative estimate of drug-likeness (QED) is 0.0673. The molecule has 16 heteroatoms. The Morgan fingerprint density at radius 1 is 0.894 bits per heavy atom. The number of imidazole rings is 2. The fraction of sp³-hybridized carbons (Fsp3) is 0.340. The third-order valence-electron chi connectivity index (χ3n) is 13.5. The number of H-pyrrole nitrogens is 2. The number of benzene rings is 5. The van der Waals surface area contributed by atoms with Gasteiger partial charge < -0.3 is 50.3 Å². The number of nitrogens with zero attached hydrogens (tertiary/aromatic N) is 4. The second kappa shape index (κ2) is 17.4.